The quantitative estimate of drug-likeness (QED) is 0.121. The SMILES string of the molecule is C.CCOCCOCCOCCOCc1cn(CCCOCCOCCOCCOCCOCCOC)nn1. The van der Waals surface area contributed by atoms with Crippen molar-refractivity contribution >= 4 is 0 Å². The lowest BCUT2D eigenvalue weighted by atomic mass is 10.4. The number of aryl methyl sites for hydroxylation is 1. The molecular formula is C26H53N3O10. The van der Waals surface area contributed by atoms with Crippen molar-refractivity contribution in [1.82, 2.24) is 15.0 Å². The maximum Gasteiger partial charge on any atom is 0.108 e. The van der Waals surface area contributed by atoms with Crippen LogP contribution in [0.25, 0.3) is 0 Å². The van der Waals surface area contributed by atoms with Crippen molar-refractivity contribution in [2.45, 2.75) is 33.9 Å². The summed E-state index contributed by atoms with van der Waals surface area (Å²) in [5.74, 6) is 0. The molecule has 0 aliphatic heterocycles. The summed E-state index contributed by atoms with van der Waals surface area (Å²) in [6.45, 7) is 13.3. The van der Waals surface area contributed by atoms with Crippen LogP contribution >= 0.6 is 0 Å². The highest BCUT2D eigenvalue weighted by atomic mass is 16.6. The molecule has 232 valence electrons. The van der Waals surface area contributed by atoms with Crippen molar-refractivity contribution in [2.24, 2.45) is 0 Å². The van der Waals surface area contributed by atoms with Crippen LogP contribution in [0.5, 0.6) is 0 Å². The monoisotopic (exact) mass is 567 g/mol. The summed E-state index contributed by atoms with van der Waals surface area (Å²) < 4.78 is 55.5. The molecule has 0 aliphatic carbocycles. The summed E-state index contributed by atoms with van der Waals surface area (Å²) in [6.07, 6.45) is 2.72. The van der Waals surface area contributed by atoms with Crippen molar-refractivity contribution in [3.05, 3.63) is 11.9 Å². The van der Waals surface area contributed by atoms with Gasteiger partial charge in [0.2, 0.25) is 0 Å². The number of hydrogen-bond donors (Lipinski definition) is 0. The Labute approximate surface area is 234 Å². The van der Waals surface area contributed by atoms with E-state index in [2.05, 4.69) is 10.3 Å². The number of hydrogen-bond acceptors (Lipinski definition) is 12. The van der Waals surface area contributed by atoms with E-state index < -0.39 is 0 Å². The van der Waals surface area contributed by atoms with Gasteiger partial charge in [0, 0.05) is 26.9 Å². The average molecular weight is 568 g/mol. The average Bonchev–Trinajstić information content (AvgIpc) is 3.38. The van der Waals surface area contributed by atoms with Gasteiger partial charge in [0.05, 0.1) is 119 Å². The van der Waals surface area contributed by atoms with Crippen molar-refractivity contribution in [3.8, 4) is 0 Å². The number of rotatable bonds is 31. The first-order valence-electron chi connectivity index (χ1n) is 13.4. The molecule has 0 saturated carbocycles. The Balaban J connectivity index is 0.0000144. The Morgan fingerprint density at radius 3 is 1.44 bits per heavy atom. The molecule has 0 spiro atoms. The molecule has 13 nitrogen and oxygen atoms in total. The molecular weight excluding hydrogens is 514 g/mol. The molecule has 0 N–H and O–H groups in total. The van der Waals surface area contributed by atoms with Crippen LogP contribution in [0.1, 0.15) is 26.5 Å². The zero-order valence-corrected chi connectivity index (χ0v) is 23.4. The largest absolute Gasteiger partial charge is 0.382 e. The highest BCUT2D eigenvalue weighted by Crippen LogP contribution is 1.98. The van der Waals surface area contributed by atoms with Crippen LogP contribution in [0, 0.1) is 0 Å². The topological polar surface area (TPSA) is 123 Å². The summed E-state index contributed by atoms with van der Waals surface area (Å²) in [5, 5.41) is 8.24. The van der Waals surface area contributed by atoms with Crippen LogP contribution in [0.2, 0.25) is 0 Å². The van der Waals surface area contributed by atoms with Gasteiger partial charge in [0.15, 0.2) is 0 Å². The van der Waals surface area contributed by atoms with Crippen LogP contribution in [0.4, 0.5) is 0 Å². The predicted octanol–water partition coefficient (Wildman–Crippen LogP) is 1.62. The summed E-state index contributed by atoms with van der Waals surface area (Å²) in [6, 6.07) is 0. The second-order valence-corrected chi connectivity index (χ2v) is 7.86. The summed E-state index contributed by atoms with van der Waals surface area (Å²) in [5.41, 5.74) is 0.791. The van der Waals surface area contributed by atoms with Gasteiger partial charge in [-0.1, -0.05) is 12.6 Å². The minimum Gasteiger partial charge on any atom is -0.382 e. The highest BCUT2D eigenvalue weighted by molar-refractivity contribution is 4.89. The molecule has 0 amide bonds. The second-order valence-electron chi connectivity index (χ2n) is 7.86. The first-order valence-corrected chi connectivity index (χ1v) is 13.4. The molecule has 0 bridgehead atoms. The third-order valence-corrected chi connectivity index (χ3v) is 4.75. The van der Waals surface area contributed by atoms with E-state index in [0.717, 1.165) is 18.7 Å². The molecule has 0 radical (unpaired) electrons. The van der Waals surface area contributed by atoms with Gasteiger partial charge in [0.25, 0.3) is 0 Å². The molecule has 0 aromatic carbocycles. The molecule has 13 heteroatoms. The van der Waals surface area contributed by atoms with E-state index in [1.165, 1.54) is 0 Å². The molecule has 1 aromatic heterocycles. The van der Waals surface area contributed by atoms with E-state index >= 15 is 0 Å². The second kappa shape index (κ2) is 31.3. The Bertz CT molecular complexity index is 598. The van der Waals surface area contributed by atoms with Gasteiger partial charge in [-0.15, -0.1) is 5.10 Å². The highest BCUT2D eigenvalue weighted by Gasteiger charge is 2.02. The van der Waals surface area contributed by atoms with Crippen LogP contribution in [0.3, 0.4) is 0 Å². The maximum atomic E-state index is 5.59. The molecule has 39 heavy (non-hydrogen) atoms. The van der Waals surface area contributed by atoms with E-state index in [9.17, 15) is 0 Å². The number of aromatic nitrogens is 3. The van der Waals surface area contributed by atoms with Crippen molar-refractivity contribution < 1.29 is 47.4 Å². The fraction of sp³-hybridized carbons (Fsp3) is 0.923. The zero-order chi connectivity index (χ0) is 27.2. The lowest BCUT2D eigenvalue weighted by Gasteiger charge is -2.08. The van der Waals surface area contributed by atoms with Gasteiger partial charge < -0.3 is 47.4 Å². The number of methoxy groups -OCH3 is 1. The Kier molecular flexibility index (Phi) is 30.3. The van der Waals surface area contributed by atoms with E-state index in [-0.39, 0.29) is 7.43 Å². The first kappa shape index (κ1) is 37.7. The zero-order valence-electron chi connectivity index (χ0n) is 23.4. The standard InChI is InChI=1S/C25H49N3O10.CH4/c1-3-30-9-10-33-15-20-37-21-22-38-24-25-23-28(27-26-25)5-4-6-31-11-12-34-16-17-36-19-18-35-14-13-32-8-7-29-2;/h23H,3-22,24H2,1-2H3;1H4. The van der Waals surface area contributed by atoms with Gasteiger partial charge in [-0.2, -0.15) is 0 Å². The van der Waals surface area contributed by atoms with Crippen molar-refractivity contribution in [3.63, 3.8) is 0 Å². The van der Waals surface area contributed by atoms with E-state index in [1.54, 1.807) is 11.8 Å². The fourth-order valence-electron chi connectivity index (χ4n) is 2.85. The van der Waals surface area contributed by atoms with Crippen LogP contribution in [-0.2, 0) is 60.5 Å². The Morgan fingerprint density at radius 1 is 0.564 bits per heavy atom. The molecule has 1 heterocycles. The molecule has 0 aliphatic rings. The molecule has 1 aromatic rings. The van der Waals surface area contributed by atoms with E-state index in [4.69, 9.17) is 47.4 Å². The summed E-state index contributed by atoms with van der Waals surface area (Å²) >= 11 is 0. The lowest BCUT2D eigenvalue weighted by Crippen LogP contribution is -2.14. The normalized spacial score (nSPS) is 11.2. The summed E-state index contributed by atoms with van der Waals surface area (Å²) in [7, 11) is 1.65. The van der Waals surface area contributed by atoms with Gasteiger partial charge in [-0.25, -0.2) is 0 Å². The Hall–Kier alpha value is -1.26. The lowest BCUT2D eigenvalue weighted by molar-refractivity contribution is -0.0148. The Morgan fingerprint density at radius 2 is 0.974 bits per heavy atom. The number of ether oxygens (including phenoxy) is 10. The minimum absolute atomic E-state index is 0. The number of nitrogens with zero attached hydrogens (tertiary/aromatic N) is 3. The van der Waals surface area contributed by atoms with Gasteiger partial charge in [-0.3, -0.25) is 4.68 Å². The maximum absolute atomic E-state index is 5.59. The third kappa shape index (κ3) is 26.7. The smallest absolute Gasteiger partial charge is 0.108 e. The molecule has 0 unspecified atom stereocenters. The molecule has 0 saturated heterocycles. The molecule has 0 atom stereocenters. The van der Waals surface area contributed by atoms with Crippen LogP contribution in [-0.4, -0.2) is 141 Å². The summed E-state index contributed by atoms with van der Waals surface area (Å²) in [4.78, 5) is 0. The van der Waals surface area contributed by atoms with E-state index in [1.807, 2.05) is 13.1 Å². The van der Waals surface area contributed by atoms with Crippen LogP contribution < -0.4 is 0 Å². The van der Waals surface area contributed by atoms with Gasteiger partial charge in [-0.05, 0) is 13.3 Å². The van der Waals surface area contributed by atoms with Crippen LogP contribution in [0.15, 0.2) is 6.20 Å². The first-order chi connectivity index (χ1) is 18.9. The molecule has 0 fully saturated rings. The fourth-order valence-corrected chi connectivity index (χ4v) is 2.85. The van der Waals surface area contributed by atoms with Gasteiger partial charge >= 0.3 is 0 Å². The van der Waals surface area contributed by atoms with E-state index in [0.29, 0.717) is 126 Å². The minimum atomic E-state index is 0. The predicted molar refractivity (Wildman–Crippen MR) is 145 cm³/mol. The third-order valence-electron chi connectivity index (χ3n) is 4.75. The molecule has 1 rings (SSSR count). The van der Waals surface area contributed by atoms with Gasteiger partial charge in [0.1, 0.15) is 5.69 Å². The van der Waals surface area contributed by atoms with Crippen molar-refractivity contribution in [1.29, 1.82) is 0 Å². The van der Waals surface area contributed by atoms with Crippen molar-refractivity contribution in [2.75, 3.05) is 126 Å².